The molecular formula is C12H12BF3O3. The molecule has 0 saturated heterocycles. The summed E-state index contributed by atoms with van der Waals surface area (Å²) in [6, 6.07) is 5.63. The first-order valence-corrected chi connectivity index (χ1v) is 5.73. The molecule has 7 heteroatoms. The fourth-order valence-corrected chi connectivity index (χ4v) is 1.95. The molecule has 0 amide bonds. The van der Waals surface area contributed by atoms with Gasteiger partial charge in [0.25, 0.3) is 0 Å². The van der Waals surface area contributed by atoms with Crippen LogP contribution in [0.3, 0.4) is 0 Å². The van der Waals surface area contributed by atoms with Gasteiger partial charge in [-0.3, -0.25) is 0 Å². The zero-order chi connectivity index (χ0) is 14.1. The maximum absolute atomic E-state index is 12.0. The second kappa shape index (κ2) is 4.90. The molecule has 0 heterocycles. The Kier molecular flexibility index (Phi) is 3.60. The van der Waals surface area contributed by atoms with Gasteiger partial charge < -0.3 is 14.8 Å². The first kappa shape index (κ1) is 14.0. The van der Waals surface area contributed by atoms with Gasteiger partial charge in [-0.25, -0.2) is 0 Å². The molecule has 1 saturated carbocycles. The van der Waals surface area contributed by atoms with Crippen molar-refractivity contribution in [1.29, 1.82) is 0 Å². The van der Waals surface area contributed by atoms with E-state index >= 15 is 0 Å². The molecule has 0 spiro atoms. The standard InChI is InChI=1S/C12H12BF3O3/c14-12(15,16)19-10-3-1-9(2-4-10)11(5-6-11)7-8-13(17)18/h1-4,7-8,17-18H,5-6H2/b8-7+. The summed E-state index contributed by atoms with van der Waals surface area (Å²) in [5, 5.41) is 17.6. The number of ether oxygens (including phenoxy) is 1. The predicted octanol–water partition coefficient (Wildman–Crippen LogP) is 2.18. The van der Waals surface area contributed by atoms with Crippen LogP contribution in [-0.2, 0) is 5.41 Å². The van der Waals surface area contributed by atoms with E-state index < -0.39 is 13.5 Å². The van der Waals surface area contributed by atoms with Crippen molar-refractivity contribution in [1.82, 2.24) is 0 Å². The van der Waals surface area contributed by atoms with E-state index in [4.69, 9.17) is 10.0 Å². The lowest BCUT2D eigenvalue weighted by molar-refractivity contribution is -0.274. The summed E-state index contributed by atoms with van der Waals surface area (Å²) < 4.78 is 39.8. The van der Waals surface area contributed by atoms with Crippen molar-refractivity contribution < 1.29 is 28.0 Å². The van der Waals surface area contributed by atoms with Crippen LogP contribution in [0, 0.1) is 0 Å². The molecule has 1 aliphatic rings. The van der Waals surface area contributed by atoms with Gasteiger partial charge in [-0.05, 0) is 30.5 Å². The molecule has 0 bridgehead atoms. The largest absolute Gasteiger partial charge is 0.573 e. The van der Waals surface area contributed by atoms with Gasteiger partial charge in [0.2, 0.25) is 0 Å². The molecule has 1 fully saturated rings. The van der Waals surface area contributed by atoms with Crippen LogP contribution in [0.15, 0.2) is 36.3 Å². The third-order valence-corrected chi connectivity index (χ3v) is 3.04. The van der Waals surface area contributed by atoms with Crippen molar-refractivity contribution >= 4 is 7.12 Å². The predicted molar refractivity (Wildman–Crippen MR) is 63.4 cm³/mol. The molecule has 102 valence electrons. The first-order chi connectivity index (χ1) is 8.81. The van der Waals surface area contributed by atoms with Gasteiger partial charge in [-0.15, -0.1) is 13.2 Å². The molecule has 1 aromatic rings. The quantitative estimate of drug-likeness (QED) is 0.826. The van der Waals surface area contributed by atoms with Gasteiger partial charge in [0.15, 0.2) is 0 Å². The highest BCUT2D eigenvalue weighted by atomic mass is 19.4. The van der Waals surface area contributed by atoms with Crippen molar-refractivity contribution in [3.63, 3.8) is 0 Å². The summed E-state index contributed by atoms with van der Waals surface area (Å²) in [5.74, 6) is 0.992. The molecule has 0 unspecified atom stereocenters. The Bertz CT molecular complexity index is 464. The first-order valence-electron chi connectivity index (χ1n) is 5.73. The molecule has 2 rings (SSSR count). The second-order valence-electron chi connectivity index (χ2n) is 4.50. The summed E-state index contributed by atoms with van der Waals surface area (Å²) >= 11 is 0. The number of halogens is 3. The van der Waals surface area contributed by atoms with Crippen molar-refractivity contribution in [2.45, 2.75) is 24.6 Å². The smallest absolute Gasteiger partial charge is 0.424 e. The Morgan fingerprint density at radius 2 is 1.74 bits per heavy atom. The summed E-state index contributed by atoms with van der Waals surface area (Å²) in [6.07, 6.45) is -1.36. The monoisotopic (exact) mass is 272 g/mol. The lowest BCUT2D eigenvalue weighted by Crippen LogP contribution is -2.17. The fraction of sp³-hybridized carbons (Fsp3) is 0.333. The van der Waals surface area contributed by atoms with Gasteiger partial charge in [-0.2, -0.15) is 0 Å². The van der Waals surface area contributed by atoms with Gasteiger partial charge >= 0.3 is 13.5 Å². The average Bonchev–Trinajstić information content (AvgIpc) is 3.06. The highest BCUT2D eigenvalue weighted by Crippen LogP contribution is 2.49. The SMILES string of the molecule is OB(O)/C=C/C1(c2ccc(OC(F)(F)F)cc2)CC1. The highest BCUT2D eigenvalue weighted by molar-refractivity contribution is 6.47. The Morgan fingerprint density at radius 3 is 2.16 bits per heavy atom. The molecule has 3 nitrogen and oxygen atoms in total. The molecule has 19 heavy (non-hydrogen) atoms. The highest BCUT2D eigenvalue weighted by Gasteiger charge is 2.42. The van der Waals surface area contributed by atoms with Gasteiger partial charge in [-0.1, -0.05) is 24.2 Å². The number of alkyl halides is 3. The molecular weight excluding hydrogens is 260 g/mol. The van der Waals surface area contributed by atoms with E-state index in [1.165, 1.54) is 18.1 Å². The summed E-state index contributed by atoms with van der Waals surface area (Å²) in [4.78, 5) is 0. The Labute approximate surface area is 108 Å². The molecule has 1 aliphatic carbocycles. The van der Waals surface area contributed by atoms with E-state index in [9.17, 15) is 13.2 Å². The van der Waals surface area contributed by atoms with Crippen molar-refractivity contribution in [3.05, 3.63) is 41.9 Å². The Balaban J connectivity index is 2.11. The van der Waals surface area contributed by atoms with E-state index in [1.807, 2.05) is 0 Å². The number of hydrogen-bond donors (Lipinski definition) is 2. The van der Waals surface area contributed by atoms with Crippen LogP contribution >= 0.6 is 0 Å². The lowest BCUT2D eigenvalue weighted by atomic mass is 9.86. The average molecular weight is 272 g/mol. The minimum Gasteiger partial charge on any atom is -0.424 e. The van der Waals surface area contributed by atoms with Crippen LogP contribution < -0.4 is 4.74 Å². The Hall–Kier alpha value is -1.47. The van der Waals surface area contributed by atoms with Crippen LogP contribution in [0.2, 0.25) is 0 Å². The van der Waals surface area contributed by atoms with E-state index in [1.54, 1.807) is 18.2 Å². The van der Waals surface area contributed by atoms with Crippen LogP contribution in [0.5, 0.6) is 5.75 Å². The molecule has 0 radical (unpaired) electrons. The van der Waals surface area contributed by atoms with Crippen molar-refractivity contribution in [2.24, 2.45) is 0 Å². The number of rotatable bonds is 4. The molecule has 2 N–H and O–H groups in total. The van der Waals surface area contributed by atoms with Crippen LogP contribution in [0.25, 0.3) is 0 Å². The third-order valence-electron chi connectivity index (χ3n) is 3.04. The van der Waals surface area contributed by atoms with Crippen molar-refractivity contribution in [3.8, 4) is 5.75 Å². The van der Waals surface area contributed by atoms with Crippen LogP contribution in [0.1, 0.15) is 18.4 Å². The van der Waals surface area contributed by atoms with E-state index in [0.29, 0.717) is 0 Å². The summed E-state index contributed by atoms with van der Waals surface area (Å²) in [7, 11) is -1.52. The number of hydrogen-bond acceptors (Lipinski definition) is 3. The zero-order valence-electron chi connectivity index (χ0n) is 9.89. The second-order valence-corrected chi connectivity index (χ2v) is 4.50. The lowest BCUT2D eigenvalue weighted by Gasteiger charge is -2.13. The zero-order valence-corrected chi connectivity index (χ0v) is 9.89. The van der Waals surface area contributed by atoms with E-state index in [2.05, 4.69) is 4.74 Å². The van der Waals surface area contributed by atoms with Crippen LogP contribution in [0.4, 0.5) is 13.2 Å². The molecule has 0 atom stereocenters. The van der Waals surface area contributed by atoms with Crippen LogP contribution in [-0.4, -0.2) is 23.5 Å². The van der Waals surface area contributed by atoms with E-state index in [0.717, 1.165) is 18.4 Å². The summed E-state index contributed by atoms with van der Waals surface area (Å²) in [6.45, 7) is 0. The van der Waals surface area contributed by atoms with Gasteiger partial charge in [0, 0.05) is 5.41 Å². The third kappa shape index (κ3) is 3.75. The Morgan fingerprint density at radius 1 is 1.16 bits per heavy atom. The minimum absolute atomic E-state index is 0.266. The minimum atomic E-state index is -4.69. The normalized spacial score (nSPS) is 17.5. The van der Waals surface area contributed by atoms with E-state index in [-0.39, 0.29) is 11.2 Å². The summed E-state index contributed by atoms with van der Waals surface area (Å²) in [5.41, 5.74) is 0.541. The number of allylic oxidation sites excluding steroid dienone is 1. The topological polar surface area (TPSA) is 49.7 Å². The molecule has 0 aromatic heterocycles. The van der Waals surface area contributed by atoms with Crippen molar-refractivity contribution in [2.75, 3.05) is 0 Å². The van der Waals surface area contributed by atoms with Gasteiger partial charge in [0.1, 0.15) is 5.75 Å². The maximum atomic E-state index is 12.0. The fourth-order valence-electron chi connectivity index (χ4n) is 1.95. The molecule has 0 aliphatic heterocycles. The van der Waals surface area contributed by atoms with Gasteiger partial charge in [0.05, 0.1) is 0 Å². The number of benzene rings is 1. The molecule has 1 aromatic carbocycles. The maximum Gasteiger partial charge on any atom is 0.573 e.